The first-order chi connectivity index (χ1) is 13.0. The molecule has 0 bridgehead atoms. The van der Waals surface area contributed by atoms with Gasteiger partial charge in [-0.25, -0.2) is 18.1 Å². The third-order valence-electron chi connectivity index (χ3n) is 3.78. The van der Waals surface area contributed by atoms with Gasteiger partial charge in [0.15, 0.2) is 11.7 Å². The largest absolute Gasteiger partial charge is 0.497 e. The Morgan fingerprint density at radius 2 is 1.93 bits per heavy atom. The molecule has 0 atom stereocenters. The number of carbonyl (C=O) groups is 1. The number of aryl methyl sites for hydroxylation is 1. The van der Waals surface area contributed by atoms with Crippen molar-refractivity contribution in [2.45, 2.75) is 17.7 Å². The first kappa shape index (κ1) is 18.7. The lowest BCUT2D eigenvalue weighted by molar-refractivity contribution is -0.119. The van der Waals surface area contributed by atoms with E-state index >= 15 is 0 Å². The quantitative estimate of drug-likeness (QED) is 0.670. The van der Waals surface area contributed by atoms with Crippen LogP contribution in [0.5, 0.6) is 5.75 Å². The molecule has 0 fully saturated rings. The summed E-state index contributed by atoms with van der Waals surface area (Å²) < 4.78 is 37.2. The van der Waals surface area contributed by atoms with Crippen molar-refractivity contribution in [2.75, 3.05) is 7.11 Å². The predicted octanol–water partition coefficient (Wildman–Crippen LogP) is 2.79. The van der Waals surface area contributed by atoms with Gasteiger partial charge in [0.25, 0.3) is 10.0 Å². The number of hydrogen-bond acceptors (Lipinski definition) is 6. The second-order valence-corrected chi connectivity index (χ2v) is 7.37. The van der Waals surface area contributed by atoms with Gasteiger partial charge in [-0.1, -0.05) is 36.4 Å². The third kappa shape index (κ3) is 4.73. The van der Waals surface area contributed by atoms with Crippen LogP contribution >= 0.6 is 0 Å². The number of ether oxygens (including phenoxy) is 1. The van der Waals surface area contributed by atoms with Crippen LogP contribution in [0, 0.1) is 0 Å². The van der Waals surface area contributed by atoms with Gasteiger partial charge in [0, 0.05) is 24.5 Å². The lowest BCUT2D eigenvalue weighted by atomic mass is 10.2. The molecule has 0 saturated carbocycles. The van der Waals surface area contributed by atoms with E-state index in [2.05, 4.69) is 4.98 Å². The molecule has 7 nitrogen and oxygen atoms in total. The Labute approximate surface area is 157 Å². The van der Waals surface area contributed by atoms with Crippen molar-refractivity contribution in [2.24, 2.45) is 0 Å². The Kier molecular flexibility index (Phi) is 5.56. The van der Waals surface area contributed by atoms with Gasteiger partial charge in [-0.15, -0.1) is 0 Å². The zero-order valence-electron chi connectivity index (χ0n) is 14.6. The van der Waals surface area contributed by atoms with Crippen LogP contribution in [0.25, 0.3) is 11.3 Å². The lowest BCUT2D eigenvalue weighted by Crippen LogP contribution is -2.30. The molecule has 0 unspecified atom stereocenters. The zero-order valence-corrected chi connectivity index (χ0v) is 15.4. The van der Waals surface area contributed by atoms with E-state index in [1.54, 1.807) is 12.3 Å². The van der Waals surface area contributed by atoms with E-state index in [0.717, 1.165) is 5.56 Å². The number of amides is 1. The Hall–Kier alpha value is -3.13. The van der Waals surface area contributed by atoms with Crippen molar-refractivity contribution in [3.8, 4) is 17.1 Å². The monoisotopic (exact) mass is 386 g/mol. The number of rotatable bonds is 7. The number of carbonyl (C=O) groups excluding carboxylic acids is 1. The Balaban J connectivity index is 1.60. The van der Waals surface area contributed by atoms with Crippen LogP contribution < -0.4 is 9.46 Å². The van der Waals surface area contributed by atoms with Crippen molar-refractivity contribution in [3.63, 3.8) is 0 Å². The summed E-state index contributed by atoms with van der Waals surface area (Å²) in [7, 11) is -2.53. The molecule has 3 rings (SSSR count). The van der Waals surface area contributed by atoms with E-state index in [1.165, 1.54) is 25.3 Å². The molecule has 0 saturated heterocycles. The average Bonchev–Trinajstić information content (AvgIpc) is 3.16. The van der Waals surface area contributed by atoms with Crippen LogP contribution in [0.1, 0.15) is 12.3 Å². The number of aromatic nitrogens is 1. The van der Waals surface area contributed by atoms with Gasteiger partial charge in [0.05, 0.1) is 18.2 Å². The molecule has 1 N–H and O–H groups in total. The molecule has 0 radical (unpaired) electrons. The molecule has 0 spiro atoms. The average molecular weight is 386 g/mol. The molecule has 1 aromatic heterocycles. The van der Waals surface area contributed by atoms with Crippen LogP contribution in [-0.4, -0.2) is 26.4 Å². The number of oxazole rings is 1. The molecule has 1 heterocycles. The highest BCUT2D eigenvalue weighted by molar-refractivity contribution is 7.90. The van der Waals surface area contributed by atoms with Crippen molar-refractivity contribution >= 4 is 15.9 Å². The van der Waals surface area contributed by atoms with Crippen molar-refractivity contribution in [3.05, 3.63) is 66.7 Å². The minimum absolute atomic E-state index is 0.0438. The molecule has 1 amide bonds. The van der Waals surface area contributed by atoms with Crippen LogP contribution in [0.3, 0.4) is 0 Å². The molecule has 0 aliphatic heterocycles. The van der Waals surface area contributed by atoms with Crippen LogP contribution in [0.4, 0.5) is 0 Å². The topological polar surface area (TPSA) is 98.5 Å². The summed E-state index contributed by atoms with van der Waals surface area (Å²) in [6.07, 6.45) is 1.69. The van der Waals surface area contributed by atoms with Gasteiger partial charge >= 0.3 is 0 Å². The lowest BCUT2D eigenvalue weighted by Gasteiger charge is -2.07. The van der Waals surface area contributed by atoms with Gasteiger partial charge in [-0.3, -0.25) is 4.79 Å². The van der Waals surface area contributed by atoms with Gasteiger partial charge in [0.1, 0.15) is 5.75 Å². The SMILES string of the molecule is COc1cccc(S(=O)(=O)NC(=O)CCc2ncc(-c3ccccc3)o2)c1. The number of nitrogens with zero attached hydrogens (tertiary/aromatic N) is 1. The fraction of sp³-hybridized carbons (Fsp3) is 0.158. The molecular weight excluding hydrogens is 368 g/mol. The summed E-state index contributed by atoms with van der Waals surface area (Å²) in [5.74, 6) is 0.702. The summed E-state index contributed by atoms with van der Waals surface area (Å²) in [4.78, 5) is 16.1. The maximum absolute atomic E-state index is 12.3. The molecule has 2 aromatic carbocycles. The number of methoxy groups -OCH3 is 1. The van der Waals surface area contributed by atoms with E-state index < -0.39 is 15.9 Å². The second-order valence-electron chi connectivity index (χ2n) is 5.69. The second kappa shape index (κ2) is 8.05. The van der Waals surface area contributed by atoms with Gasteiger partial charge in [-0.2, -0.15) is 0 Å². The zero-order chi connectivity index (χ0) is 19.3. The molecular formula is C19H18N2O5S. The first-order valence-electron chi connectivity index (χ1n) is 8.18. The van der Waals surface area contributed by atoms with Gasteiger partial charge in [-0.05, 0) is 12.1 Å². The molecule has 140 valence electrons. The molecule has 3 aromatic rings. The summed E-state index contributed by atoms with van der Waals surface area (Å²) in [6.45, 7) is 0. The van der Waals surface area contributed by atoms with E-state index in [9.17, 15) is 13.2 Å². The van der Waals surface area contributed by atoms with E-state index in [4.69, 9.17) is 9.15 Å². The van der Waals surface area contributed by atoms with Crippen molar-refractivity contribution in [1.82, 2.24) is 9.71 Å². The highest BCUT2D eigenvalue weighted by atomic mass is 32.2. The number of benzene rings is 2. The fourth-order valence-corrected chi connectivity index (χ4v) is 3.46. The van der Waals surface area contributed by atoms with Gasteiger partial charge < -0.3 is 9.15 Å². The summed E-state index contributed by atoms with van der Waals surface area (Å²) in [6, 6.07) is 15.3. The molecule has 27 heavy (non-hydrogen) atoms. The summed E-state index contributed by atoms with van der Waals surface area (Å²) >= 11 is 0. The third-order valence-corrected chi connectivity index (χ3v) is 5.15. The van der Waals surface area contributed by atoms with E-state index in [1.807, 2.05) is 35.1 Å². The predicted molar refractivity (Wildman–Crippen MR) is 98.6 cm³/mol. The minimum Gasteiger partial charge on any atom is -0.497 e. The number of nitrogens with one attached hydrogen (secondary N) is 1. The number of sulfonamides is 1. The van der Waals surface area contributed by atoms with Crippen LogP contribution in [0.2, 0.25) is 0 Å². The van der Waals surface area contributed by atoms with Crippen molar-refractivity contribution in [1.29, 1.82) is 0 Å². The molecule has 8 heteroatoms. The maximum atomic E-state index is 12.3. The summed E-state index contributed by atoms with van der Waals surface area (Å²) in [5, 5.41) is 0. The molecule has 0 aliphatic rings. The molecule has 0 aliphatic carbocycles. The Morgan fingerprint density at radius 1 is 1.15 bits per heavy atom. The minimum atomic E-state index is -3.96. The van der Waals surface area contributed by atoms with Gasteiger partial charge in [0.2, 0.25) is 5.91 Å². The first-order valence-corrected chi connectivity index (χ1v) is 9.66. The fourth-order valence-electron chi connectivity index (χ4n) is 2.41. The van der Waals surface area contributed by atoms with Crippen LogP contribution in [0.15, 0.2) is 70.1 Å². The highest BCUT2D eigenvalue weighted by Crippen LogP contribution is 2.20. The number of hydrogen-bond donors (Lipinski definition) is 1. The smallest absolute Gasteiger partial charge is 0.264 e. The maximum Gasteiger partial charge on any atom is 0.264 e. The Morgan fingerprint density at radius 3 is 2.67 bits per heavy atom. The van der Waals surface area contributed by atoms with Crippen molar-refractivity contribution < 1.29 is 22.4 Å². The standard InChI is InChI=1S/C19H18N2O5S/c1-25-15-8-5-9-16(12-15)27(23,24)21-18(22)10-11-19-20-13-17(26-19)14-6-3-2-4-7-14/h2-9,12-13H,10-11H2,1H3,(H,21,22). The highest BCUT2D eigenvalue weighted by Gasteiger charge is 2.18. The van der Waals surface area contributed by atoms with E-state index in [-0.39, 0.29) is 17.7 Å². The Bertz CT molecular complexity index is 1030. The van der Waals surface area contributed by atoms with Crippen LogP contribution in [-0.2, 0) is 21.2 Å². The van der Waals surface area contributed by atoms with E-state index in [0.29, 0.717) is 17.4 Å². The normalized spacial score (nSPS) is 11.1. The summed E-state index contributed by atoms with van der Waals surface area (Å²) in [5.41, 5.74) is 0.876.